The first-order valence-corrected chi connectivity index (χ1v) is 6.38. The van der Waals surface area contributed by atoms with Gasteiger partial charge in [0.15, 0.2) is 0 Å². The Morgan fingerprint density at radius 1 is 1.56 bits per heavy atom. The van der Waals surface area contributed by atoms with Crippen LogP contribution in [0.2, 0.25) is 0 Å². The zero-order valence-corrected chi connectivity index (χ0v) is 10.00. The first kappa shape index (κ1) is 11.9. The van der Waals surface area contributed by atoms with Crippen molar-refractivity contribution in [2.45, 2.75) is 44.8 Å². The quantitative estimate of drug-likeness (QED) is 0.741. The highest BCUT2D eigenvalue weighted by Crippen LogP contribution is 2.17. The van der Waals surface area contributed by atoms with Crippen molar-refractivity contribution in [1.82, 2.24) is 10.6 Å². The molecule has 1 amide bonds. The van der Waals surface area contributed by atoms with Gasteiger partial charge in [0.25, 0.3) is 0 Å². The number of carbonyl (C=O) groups is 1. The highest BCUT2D eigenvalue weighted by atomic mass is 16.5. The maximum absolute atomic E-state index is 11.8. The molecule has 0 aliphatic carbocycles. The van der Waals surface area contributed by atoms with E-state index in [9.17, 15) is 4.79 Å². The molecule has 0 spiro atoms. The molecule has 4 heteroatoms. The first-order valence-electron chi connectivity index (χ1n) is 6.38. The lowest BCUT2D eigenvalue weighted by molar-refractivity contribution is -0.125. The van der Waals surface area contributed by atoms with Crippen LogP contribution >= 0.6 is 0 Å². The zero-order valence-electron chi connectivity index (χ0n) is 10.00. The van der Waals surface area contributed by atoms with Crippen LogP contribution in [-0.4, -0.2) is 37.7 Å². The Balaban J connectivity index is 1.68. The van der Waals surface area contributed by atoms with Gasteiger partial charge >= 0.3 is 0 Å². The Bertz CT molecular complexity index is 233. The lowest BCUT2D eigenvalue weighted by Crippen LogP contribution is -2.39. The fourth-order valence-corrected chi connectivity index (χ4v) is 2.52. The van der Waals surface area contributed by atoms with Crippen LogP contribution in [0.5, 0.6) is 0 Å². The number of carbonyl (C=O) groups excluding carboxylic acids is 1. The third-order valence-electron chi connectivity index (χ3n) is 3.46. The summed E-state index contributed by atoms with van der Waals surface area (Å²) < 4.78 is 5.57. The Morgan fingerprint density at radius 3 is 3.06 bits per heavy atom. The first-order chi connectivity index (χ1) is 7.75. The molecule has 0 saturated carbocycles. The van der Waals surface area contributed by atoms with Gasteiger partial charge in [0.2, 0.25) is 5.91 Å². The molecule has 0 unspecified atom stereocenters. The average Bonchev–Trinajstić information content (AvgIpc) is 2.88. The summed E-state index contributed by atoms with van der Waals surface area (Å²) in [7, 11) is 0. The summed E-state index contributed by atoms with van der Waals surface area (Å²) in [6.45, 7) is 4.76. The highest BCUT2D eigenvalue weighted by molar-refractivity contribution is 5.79. The van der Waals surface area contributed by atoms with Gasteiger partial charge in [-0.15, -0.1) is 0 Å². The summed E-state index contributed by atoms with van der Waals surface area (Å²) in [4.78, 5) is 11.8. The third-order valence-corrected chi connectivity index (χ3v) is 3.46. The van der Waals surface area contributed by atoms with Crippen molar-refractivity contribution < 1.29 is 9.53 Å². The van der Waals surface area contributed by atoms with Crippen LogP contribution in [0.4, 0.5) is 0 Å². The van der Waals surface area contributed by atoms with Crippen LogP contribution in [0.25, 0.3) is 0 Å². The number of ether oxygens (including phenoxy) is 1. The summed E-state index contributed by atoms with van der Waals surface area (Å²) in [6, 6.07) is 0.233. The maximum Gasteiger partial charge on any atom is 0.224 e. The molecular weight excluding hydrogens is 204 g/mol. The predicted molar refractivity (Wildman–Crippen MR) is 62.2 cm³/mol. The monoisotopic (exact) mass is 226 g/mol. The van der Waals surface area contributed by atoms with E-state index in [1.54, 1.807) is 0 Å². The van der Waals surface area contributed by atoms with E-state index >= 15 is 0 Å². The SMILES string of the molecule is C[C@H](C[C@@H]1CCCO1)NC(=O)[C@H]1CCNC1. The molecule has 2 fully saturated rings. The fraction of sp³-hybridized carbons (Fsp3) is 0.917. The van der Waals surface area contributed by atoms with Crippen LogP contribution in [0.3, 0.4) is 0 Å². The Labute approximate surface area is 97.1 Å². The molecule has 2 aliphatic rings. The van der Waals surface area contributed by atoms with Crippen LogP contribution in [0, 0.1) is 5.92 Å². The van der Waals surface area contributed by atoms with Crippen molar-refractivity contribution in [2.75, 3.05) is 19.7 Å². The van der Waals surface area contributed by atoms with Crippen molar-refractivity contribution in [3.05, 3.63) is 0 Å². The molecule has 0 bridgehead atoms. The lowest BCUT2D eigenvalue weighted by atomic mass is 10.1. The molecule has 16 heavy (non-hydrogen) atoms. The van der Waals surface area contributed by atoms with Gasteiger partial charge in [-0.05, 0) is 39.2 Å². The second kappa shape index (κ2) is 5.64. The van der Waals surface area contributed by atoms with E-state index in [1.807, 2.05) is 0 Å². The van der Waals surface area contributed by atoms with Crippen molar-refractivity contribution in [2.24, 2.45) is 5.92 Å². The summed E-state index contributed by atoms with van der Waals surface area (Å²) in [6.07, 6.45) is 4.59. The summed E-state index contributed by atoms with van der Waals surface area (Å²) in [5.41, 5.74) is 0. The summed E-state index contributed by atoms with van der Waals surface area (Å²) >= 11 is 0. The van der Waals surface area contributed by atoms with E-state index in [-0.39, 0.29) is 17.9 Å². The zero-order chi connectivity index (χ0) is 11.4. The van der Waals surface area contributed by atoms with E-state index in [2.05, 4.69) is 17.6 Å². The van der Waals surface area contributed by atoms with E-state index < -0.39 is 0 Å². The molecule has 0 aromatic carbocycles. The van der Waals surface area contributed by atoms with Crippen molar-refractivity contribution in [3.63, 3.8) is 0 Å². The standard InChI is InChI=1S/C12H22N2O2/c1-9(7-11-3-2-6-16-11)14-12(15)10-4-5-13-8-10/h9-11,13H,2-8H2,1H3,(H,14,15)/t9-,10+,11+/m1/s1. The Hall–Kier alpha value is -0.610. The second-order valence-corrected chi connectivity index (χ2v) is 4.97. The normalized spacial score (nSPS) is 31.6. The number of hydrogen-bond donors (Lipinski definition) is 2. The molecule has 2 N–H and O–H groups in total. The van der Waals surface area contributed by atoms with Crippen molar-refractivity contribution in [1.29, 1.82) is 0 Å². The molecule has 4 nitrogen and oxygen atoms in total. The maximum atomic E-state index is 11.8. The molecular formula is C12H22N2O2. The van der Waals surface area contributed by atoms with E-state index in [1.165, 1.54) is 0 Å². The molecule has 2 heterocycles. The summed E-state index contributed by atoms with van der Waals surface area (Å²) in [5.74, 6) is 0.377. The molecule has 2 rings (SSSR count). The van der Waals surface area contributed by atoms with E-state index in [0.717, 1.165) is 45.4 Å². The molecule has 0 aromatic heterocycles. The Kier molecular flexibility index (Phi) is 4.18. The predicted octanol–water partition coefficient (Wildman–Crippen LogP) is 0.670. The van der Waals surface area contributed by atoms with Gasteiger partial charge in [-0.1, -0.05) is 0 Å². The second-order valence-electron chi connectivity index (χ2n) is 4.97. The average molecular weight is 226 g/mol. The lowest BCUT2D eigenvalue weighted by Gasteiger charge is -2.19. The molecule has 0 aromatic rings. The minimum absolute atomic E-state index is 0.173. The molecule has 92 valence electrons. The smallest absolute Gasteiger partial charge is 0.224 e. The van der Waals surface area contributed by atoms with Crippen LogP contribution in [0.15, 0.2) is 0 Å². The molecule has 2 aliphatic heterocycles. The number of hydrogen-bond acceptors (Lipinski definition) is 3. The largest absolute Gasteiger partial charge is 0.378 e. The minimum Gasteiger partial charge on any atom is -0.378 e. The van der Waals surface area contributed by atoms with Gasteiger partial charge in [-0.2, -0.15) is 0 Å². The van der Waals surface area contributed by atoms with Gasteiger partial charge in [0, 0.05) is 19.2 Å². The van der Waals surface area contributed by atoms with Crippen LogP contribution in [0.1, 0.15) is 32.6 Å². The van der Waals surface area contributed by atoms with Crippen molar-refractivity contribution >= 4 is 5.91 Å². The fourth-order valence-electron chi connectivity index (χ4n) is 2.52. The molecule has 0 radical (unpaired) electrons. The van der Waals surface area contributed by atoms with E-state index in [0.29, 0.717) is 6.10 Å². The molecule has 3 atom stereocenters. The summed E-state index contributed by atoms with van der Waals surface area (Å²) in [5, 5.41) is 6.30. The van der Waals surface area contributed by atoms with Crippen molar-refractivity contribution in [3.8, 4) is 0 Å². The van der Waals surface area contributed by atoms with Gasteiger partial charge in [0.05, 0.1) is 12.0 Å². The number of amides is 1. The van der Waals surface area contributed by atoms with Gasteiger partial charge in [-0.3, -0.25) is 4.79 Å². The van der Waals surface area contributed by atoms with E-state index in [4.69, 9.17) is 4.74 Å². The van der Waals surface area contributed by atoms with Gasteiger partial charge in [0.1, 0.15) is 0 Å². The van der Waals surface area contributed by atoms with Gasteiger partial charge < -0.3 is 15.4 Å². The number of rotatable bonds is 4. The third kappa shape index (κ3) is 3.19. The highest BCUT2D eigenvalue weighted by Gasteiger charge is 2.25. The molecule has 2 saturated heterocycles. The van der Waals surface area contributed by atoms with Crippen LogP contribution < -0.4 is 10.6 Å². The van der Waals surface area contributed by atoms with Crippen LogP contribution in [-0.2, 0) is 9.53 Å². The minimum atomic E-state index is 0.173. The van der Waals surface area contributed by atoms with Gasteiger partial charge in [-0.25, -0.2) is 0 Å². The Morgan fingerprint density at radius 2 is 2.44 bits per heavy atom. The topological polar surface area (TPSA) is 50.4 Å². The number of nitrogens with one attached hydrogen (secondary N) is 2.